The van der Waals surface area contributed by atoms with Crippen LogP contribution in [0.25, 0.3) is 0 Å². The average molecular weight is 320 g/mol. The van der Waals surface area contributed by atoms with Crippen molar-refractivity contribution in [2.24, 2.45) is 0 Å². The first-order chi connectivity index (χ1) is 8.58. The van der Waals surface area contributed by atoms with Crippen molar-refractivity contribution in [1.29, 1.82) is 0 Å². The van der Waals surface area contributed by atoms with Gasteiger partial charge in [0.25, 0.3) is 4.73 Å². The van der Waals surface area contributed by atoms with E-state index in [2.05, 4.69) is 26.0 Å². The maximum absolute atomic E-state index is 11.9. The Labute approximate surface area is 110 Å². The summed E-state index contributed by atoms with van der Waals surface area (Å²) in [5, 5.41) is 14.1. The van der Waals surface area contributed by atoms with Gasteiger partial charge in [0.2, 0.25) is 5.91 Å². The second-order valence-electron chi connectivity index (χ2n) is 3.59. The second kappa shape index (κ2) is 5.40. The predicted molar refractivity (Wildman–Crippen MR) is 61.8 cm³/mol. The first kappa shape index (κ1) is 12.9. The molecule has 1 amide bonds. The summed E-state index contributed by atoms with van der Waals surface area (Å²) in [6, 6.07) is 0. The summed E-state index contributed by atoms with van der Waals surface area (Å²) in [6.07, 6.45) is 0. The van der Waals surface area contributed by atoms with Crippen LogP contribution in [-0.2, 0) is 16.1 Å². The molecule has 0 radical (unpaired) electrons. The molecule has 18 heavy (non-hydrogen) atoms. The third kappa shape index (κ3) is 2.82. The van der Waals surface area contributed by atoms with Gasteiger partial charge in [-0.3, -0.25) is 4.79 Å². The Bertz CT molecular complexity index is 470. The molecule has 1 fully saturated rings. The van der Waals surface area contributed by atoms with Gasteiger partial charge in [-0.25, -0.2) is 0 Å². The number of amides is 1. The number of aromatic nitrogens is 3. The van der Waals surface area contributed by atoms with Gasteiger partial charge in [-0.2, -0.15) is 4.68 Å². The molecule has 1 aromatic heterocycles. The fourth-order valence-corrected chi connectivity index (χ4v) is 1.89. The van der Waals surface area contributed by atoms with Gasteiger partial charge in [-0.15, -0.1) is 0 Å². The van der Waals surface area contributed by atoms with Gasteiger partial charge >= 0.3 is 5.95 Å². The molecule has 9 nitrogen and oxygen atoms in total. The van der Waals surface area contributed by atoms with E-state index < -0.39 is 10.9 Å². The zero-order chi connectivity index (χ0) is 13.1. The minimum absolute atomic E-state index is 0.0819. The van der Waals surface area contributed by atoms with E-state index in [1.54, 1.807) is 4.90 Å². The summed E-state index contributed by atoms with van der Waals surface area (Å²) in [5.41, 5.74) is 0. The van der Waals surface area contributed by atoms with Gasteiger partial charge in [0, 0.05) is 34.1 Å². The number of hydrogen-bond donors (Lipinski definition) is 0. The molecular formula is C8H10BrN5O4. The normalized spacial score (nSPS) is 15.7. The molecule has 10 heteroatoms. The van der Waals surface area contributed by atoms with Crippen LogP contribution < -0.4 is 0 Å². The van der Waals surface area contributed by atoms with Crippen molar-refractivity contribution in [1.82, 2.24) is 19.7 Å². The van der Waals surface area contributed by atoms with E-state index >= 15 is 0 Å². The standard InChI is InChI=1S/C8H10BrN5O4/c9-7-10-8(14(16)17)11-13(7)5-6(15)12-1-3-18-4-2-12/h1-5H2. The summed E-state index contributed by atoms with van der Waals surface area (Å²) in [4.78, 5) is 26.9. The van der Waals surface area contributed by atoms with Crippen LogP contribution in [0.15, 0.2) is 4.73 Å². The van der Waals surface area contributed by atoms with Crippen LogP contribution in [0, 0.1) is 10.1 Å². The zero-order valence-corrected chi connectivity index (χ0v) is 10.9. The number of nitro groups is 1. The molecule has 0 bridgehead atoms. The maximum atomic E-state index is 11.9. The van der Waals surface area contributed by atoms with Crippen molar-refractivity contribution in [2.75, 3.05) is 26.3 Å². The highest BCUT2D eigenvalue weighted by atomic mass is 79.9. The molecule has 0 spiro atoms. The first-order valence-corrected chi connectivity index (χ1v) is 5.97. The summed E-state index contributed by atoms with van der Waals surface area (Å²) in [7, 11) is 0. The van der Waals surface area contributed by atoms with Crippen molar-refractivity contribution in [3.05, 3.63) is 14.8 Å². The Morgan fingerprint density at radius 1 is 1.50 bits per heavy atom. The first-order valence-electron chi connectivity index (χ1n) is 5.18. The van der Waals surface area contributed by atoms with Gasteiger partial charge in [0.05, 0.1) is 13.2 Å². The summed E-state index contributed by atoms with van der Waals surface area (Å²) in [6.45, 7) is 1.97. The molecule has 0 aromatic carbocycles. The van der Waals surface area contributed by atoms with Crippen molar-refractivity contribution in [3.63, 3.8) is 0 Å². The largest absolute Gasteiger partial charge is 0.492 e. The van der Waals surface area contributed by atoms with Gasteiger partial charge < -0.3 is 19.8 Å². The number of nitrogens with zero attached hydrogens (tertiary/aromatic N) is 5. The Kier molecular flexibility index (Phi) is 3.87. The number of ether oxygens (including phenoxy) is 1. The van der Waals surface area contributed by atoms with E-state index in [4.69, 9.17) is 4.74 Å². The van der Waals surface area contributed by atoms with Gasteiger partial charge in [0.1, 0.15) is 6.54 Å². The molecule has 1 saturated heterocycles. The highest BCUT2D eigenvalue weighted by molar-refractivity contribution is 9.10. The van der Waals surface area contributed by atoms with Gasteiger partial charge in [0.15, 0.2) is 0 Å². The molecule has 0 aliphatic carbocycles. The number of rotatable bonds is 3. The summed E-state index contributed by atoms with van der Waals surface area (Å²) in [5.74, 6) is -0.699. The highest BCUT2D eigenvalue weighted by Crippen LogP contribution is 2.12. The lowest BCUT2D eigenvalue weighted by atomic mass is 10.4. The zero-order valence-electron chi connectivity index (χ0n) is 9.28. The SMILES string of the molecule is O=C(Cn1nc([N+](=O)[O-])nc1Br)N1CCOCC1. The van der Waals surface area contributed by atoms with Crippen LogP contribution in [0.2, 0.25) is 0 Å². The van der Waals surface area contributed by atoms with E-state index in [9.17, 15) is 14.9 Å². The molecule has 2 rings (SSSR count). The second-order valence-corrected chi connectivity index (χ2v) is 4.30. The Morgan fingerprint density at radius 2 is 2.17 bits per heavy atom. The molecular weight excluding hydrogens is 310 g/mol. The van der Waals surface area contributed by atoms with Crippen LogP contribution in [0.3, 0.4) is 0 Å². The third-order valence-corrected chi connectivity index (χ3v) is 3.01. The molecule has 0 unspecified atom stereocenters. The van der Waals surface area contributed by atoms with E-state index in [0.29, 0.717) is 26.3 Å². The summed E-state index contributed by atoms with van der Waals surface area (Å²) < 4.78 is 6.46. The molecule has 1 aliphatic heterocycles. The molecule has 98 valence electrons. The van der Waals surface area contributed by atoms with Gasteiger partial charge in [-0.05, 0) is 9.91 Å². The van der Waals surface area contributed by atoms with Gasteiger partial charge in [-0.1, -0.05) is 0 Å². The average Bonchev–Trinajstić information content (AvgIpc) is 2.72. The topological polar surface area (TPSA) is 103 Å². The lowest BCUT2D eigenvalue weighted by Gasteiger charge is -2.26. The Morgan fingerprint density at radius 3 is 2.72 bits per heavy atom. The fourth-order valence-electron chi connectivity index (χ4n) is 1.53. The quantitative estimate of drug-likeness (QED) is 0.565. The molecule has 0 saturated carbocycles. The van der Waals surface area contributed by atoms with Crippen LogP contribution in [-0.4, -0.2) is 56.8 Å². The summed E-state index contributed by atoms with van der Waals surface area (Å²) >= 11 is 3.03. The lowest BCUT2D eigenvalue weighted by molar-refractivity contribution is -0.394. The Hall–Kier alpha value is -1.55. The lowest BCUT2D eigenvalue weighted by Crippen LogP contribution is -2.42. The molecule has 0 atom stereocenters. The minimum atomic E-state index is -0.708. The van der Waals surface area contributed by atoms with E-state index in [1.807, 2.05) is 0 Å². The van der Waals surface area contributed by atoms with E-state index in [1.165, 1.54) is 0 Å². The minimum Gasteiger partial charge on any atom is -0.390 e. The fraction of sp³-hybridized carbons (Fsp3) is 0.625. The Balaban J connectivity index is 2.04. The van der Waals surface area contributed by atoms with E-state index in [-0.39, 0.29) is 17.2 Å². The molecule has 1 aromatic rings. The molecule has 1 aliphatic rings. The number of carbonyl (C=O) groups is 1. The number of carbonyl (C=O) groups excluding carboxylic acids is 1. The monoisotopic (exact) mass is 319 g/mol. The smallest absolute Gasteiger partial charge is 0.390 e. The predicted octanol–water partition coefficient (Wildman–Crippen LogP) is -0.192. The maximum Gasteiger partial charge on any atom is 0.492 e. The highest BCUT2D eigenvalue weighted by Gasteiger charge is 2.24. The van der Waals surface area contributed by atoms with Crippen molar-refractivity contribution in [3.8, 4) is 0 Å². The van der Waals surface area contributed by atoms with Crippen LogP contribution in [0.5, 0.6) is 0 Å². The third-order valence-electron chi connectivity index (χ3n) is 2.43. The molecule has 2 heterocycles. The number of hydrogen-bond acceptors (Lipinski definition) is 6. The van der Waals surface area contributed by atoms with E-state index in [0.717, 1.165) is 4.68 Å². The number of morpholine rings is 1. The van der Waals surface area contributed by atoms with Crippen LogP contribution in [0.4, 0.5) is 5.95 Å². The van der Waals surface area contributed by atoms with Crippen molar-refractivity contribution in [2.45, 2.75) is 6.54 Å². The van der Waals surface area contributed by atoms with Crippen molar-refractivity contribution >= 4 is 27.8 Å². The molecule has 0 N–H and O–H groups in total. The van der Waals surface area contributed by atoms with Crippen LogP contribution in [0.1, 0.15) is 0 Å². The van der Waals surface area contributed by atoms with Crippen molar-refractivity contribution < 1.29 is 14.5 Å². The number of halogens is 1. The van der Waals surface area contributed by atoms with Crippen LogP contribution >= 0.6 is 15.9 Å².